The molecule has 1 radical (unpaired) electrons. The molecule has 5 heteroatoms. The summed E-state index contributed by atoms with van der Waals surface area (Å²) in [7, 11) is 0. The molecular formula is C20H26NO4. The molecule has 1 heterocycles. The monoisotopic (exact) mass is 344 g/mol. The standard InChI is InChI=1S/C20H26NO4/c1-14(22)12-23-17-9-6-10-18(11-17)24-13-19-15(2)25-20(21-19)16-7-4-3-5-8-16/h3-5,7-8,14,17-18H,6,9-13H2,1-2H3/t14?,17-,18+/m1/s1. The van der Waals surface area contributed by atoms with E-state index in [1.807, 2.05) is 37.3 Å². The van der Waals surface area contributed by atoms with Gasteiger partial charge in [-0.1, -0.05) is 18.2 Å². The minimum absolute atomic E-state index is 0.133. The van der Waals surface area contributed by atoms with Crippen molar-refractivity contribution >= 4 is 0 Å². The van der Waals surface area contributed by atoms with E-state index in [0.29, 0.717) is 12.5 Å². The van der Waals surface area contributed by atoms with Crippen molar-refractivity contribution in [3.63, 3.8) is 0 Å². The normalized spacial score (nSPS) is 22.0. The maximum atomic E-state index is 11.1. The molecule has 2 aromatic rings. The third-order valence-electron chi connectivity index (χ3n) is 4.51. The molecule has 0 aliphatic heterocycles. The molecule has 135 valence electrons. The van der Waals surface area contributed by atoms with Gasteiger partial charge in [0.25, 0.3) is 0 Å². The first-order valence-electron chi connectivity index (χ1n) is 9.02. The minimum Gasteiger partial charge on any atom is -0.441 e. The van der Waals surface area contributed by atoms with E-state index in [9.17, 15) is 5.11 Å². The molecule has 1 saturated carbocycles. The number of ether oxygens (including phenoxy) is 2. The van der Waals surface area contributed by atoms with Gasteiger partial charge in [-0.2, -0.15) is 0 Å². The van der Waals surface area contributed by atoms with Crippen LogP contribution in [0.2, 0.25) is 0 Å². The van der Waals surface area contributed by atoms with Crippen molar-refractivity contribution in [2.24, 2.45) is 0 Å². The molecule has 25 heavy (non-hydrogen) atoms. The van der Waals surface area contributed by atoms with Crippen molar-refractivity contribution < 1.29 is 19.0 Å². The van der Waals surface area contributed by atoms with Crippen molar-refractivity contribution in [1.82, 2.24) is 4.98 Å². The Labute approximate surface area is 149 Å². The summed E-state index contributed by atoms with van der Waals surface area (Å²) in [5.74, 6) is 1.42. The van der Waals surface area contributed by atoms with Crippen molar-refractivity contribution in [2.75, 3.05) is 6.61 Å². The van der Waals surface area contributed by atoms with Crippen LogP contribution in [0.1, 0.15) is 44.1 Å². The van der Waals surface area contributed by atoms with Crippen LogP contribution >= 0.6 is 0 Å². The number of nitrogens with zero attached hydrogens (tertiary/aromatic N) is 1. The van der Waals surface area contributed by atoms with Crippen LogP contribution in [0.25, 0.3) is 11.5 Å². The third kappa shape index (κ3) is 5.14. The van der Waals surface area contributed by atoms with Gasteiger partial charge in [-0.05, 0) is 51.7 Å². The van der Waals surface area contributed by atoms with E-state index in [1.165, 1.54) is 0 Å². The first kappa shape index (κ1) is 18.1. The van der Waals surface area contributed by atoms with Crippen LogP contribution in [0.5, 0.6) is 0 Å². The van der Waals surface area contributed by atoms with E-state index in [4.69, 9.17) is 13.9 Å². The van der Waals surface area contributed by atoms with Gasteiger partial charge in [0.05, 0.1) is 25.4 Å². The predicted molar refractivity (Wildman–Crippen MR) is 93.6 cm³/mol. The van der Waals surface area contributed by atoms with Crippen LogP contribution in [0.3, 0.4) is 0 Å². The maximum Gasteiger partial charge on any atom is 0.226 e. The van der Waals surface area contributed by atoms with Gasteiger partial charge in [-0.25, -0.2) is 10.1 Å². The minimum atomic E-state index is -0.671. The largest absolute Gasteiger partial charge is 0.441 e. The molecule has 1 aliphatic carbocycles. The van der Waals surface area contributed by atoms with Crippen LogP contribution in [0.4, 0.5) is 0 Å². The smallest absolute Gasteiger partial charge is 0.226 e. The number of rotatable bonds is 7. The summed E-state index contributed by atoms with van der Waals surface area (Å²) in [6.07, 6.45) is 3.55. The number of aryl methyl sites for hydroxylation is 1. The molecule has 1 aromatic carbocycles. The van der Waals surface area contributed by atoms with Gasteiger partial charge < -0.3 is 13.9 Å². The lowest BCUT2D eigenvalue weighted by molar-refractivity contribution is -0.0768. The van der Waals surface area contributed by atoms with Crippen molar-refractivity contribution in [3.05, 3.63) is 41.8 Å². The maximum absolute atomic E-state index is 11.1. The Hall–Kier alpha value is -1.69. The highest BCUT2D eigenvalue weighted by atomic mass is 16.5. The topological polar surface area (TPSA) is 64.4 Å². The zero-order chi connectivity index (χ0) is 17.6. The molecule has 3 atom stereocenters. The Bertz CT molecular complexity index is 653. The molecule has 5 nitrogen and oxygen atoms in total. The number of hydrogen-bond donors (Lipinski definition) is 0. The fourth-order valence-electron chi connectivity index (χ4n) is 3.14. The second-order valence-corrected chi connectivity index (χ2v) is 6.75. The van der Waals surface area contributed by atoms with Crippen LogP contribution in [-0.4, -0.2) is 29.9 Å². The average molecular weight is 344 g/mol. The summed E-state index contributed by atoms with van der Waals surface area (Å²) >= 11 is 0. The van der Waals surface area contributed by atoms with Gasteiger partial charge in [-0.3, -0.25) is 0 Å². The second kappa shape index (κ2) is 8.61. The fraction of sp³-hybridized carbons (Fsp3) is 0.550. The van der Waals surface area contributed by atoms with Gasteiger partial charge in [-0.15, -0.1) is 0 Å². The predicted octanol–water partition coefficient (Wildman–Crippen LogP) is 4.31. The van der Waals surface area contributed by atoms with E-state index in [-0.39, 0.29) is 18.8 Å². The zero-order valence-electron chi connectivity index (χ0n) is 14.9. The molecular weight excluding hydrogens is 318 g/mol. The Morgan fingerprint density at radius 3 is 2.64 bits per heavy atom. The molecule has 1 aromatic heterocycles. The van der Waals surface area contributed by atoms with Crippen LogP contribution in [0.15, 0.2) is 34.7 Å². The van der Waals surface area contributed by atoms with E-state index in [2.05, 4.69) is 4.98 Å². The van der Waals surface area contributed by atoms with Gasteiger partial charge in [0, 0.05) is 5.56 Å². The zero-order valence-corrected chi connectivity index (χ0v) is 14.9. The molecule has 0 spiro atoms. The number of oxazole rings is 1. The Kier molecular flexibility index (Phi) is 6.24. The molecule has 0 amide bonds. The van der Waals surface area contributed by atoms with Gasteiger partial charge in [0.15, 0.2) is 0 Å². The lowest BCUT2D eigenvalue weighted by Gasteiger charge is -2.29. The lowest BCUT2D eigenvalue weighted by atomic mass is 9.95. The summed E-state index contributed by atoms with van der Waals surface area (Å²) in [6, 6.07) is 9.87. The molecule has 0 bridgehead atoms. The van der Waals surface area contributed by atoms with Crippen molar-refractivity contribution in [3.8, 4) is 11.5 Å². The molecule has 0 saturated heterocycles. The van der Waals surface area contributed by atoms with Crippen LogP contribution in [0, 0.1) is 6.92 Å². The second-order valence-electron chi connectivity index (χ2n) is 6.75. The summed E-state index contributed by atoms with van der Waals surface area (Å²) < 4.78 is 17.5. The quantitative estimate of drug-likeness (QED) is 0.750. The highest BCUT2D eigenvalue weighted by molar-refractivity contribution is 5.53. The highest BCUT2D eigenvalue weighted by Gasteiger charge is 2.24. The Balaban J connectivity index is 1.54. The molecule has 3 rings (SSSR count). The Morgan fingerprint density at radius 1 is 1.20 bits per heavy atom. The van der Waals surface area contributed by atoms with Crippen molar-refractivity contribution in [1.29, 1.82) is 0 Å². The number of benzene rings is 1. The first-order chi connectivity index (χ1) is 12.1. The average Bonchev–Trinajstić information content (AvgIpc) is 3.00. The van der Waals surface area contributed by atoms with Crippen molar-refractivity contribution in [2.45, 2.75) is 64.4 Å². The fourth-order valence-corrected chi connectivity index (χ4v) is 3.14. The summed E-state index contributed by atoms with van der Waals surface area (Å²) in [5, 5.41) is 11.1. The SMILES string of the molecule is Cc1oc(-c2ccccc2)nc1CO[C@H]1CCC[C@@H](OCC(C)[O])C1. The first-order valence-corrected chi connectivity index (χ1v) is 9.02. The summed E-state index contributed by atoms with van der Waals surface area (Å²) in [4.78, 5) is 4.58. The van der Waals surface area contributed by atoms with Gasteiger partial charge in [0.2, 0.25) is 5.89 Å². The van der Waals surface area contributed by atoms with Crippen LogP contribution < -0.4 is 0 Å². The highest BCUT2D eigenvalue weighted by Crippen LogP contribution is 2.26. The number of hydrogen-bond acceptors (Lipinski definition) is 4. The molecule has 1 aliphatic rings. The van der Waals surface area contributed by atoms with Crippen LogP contribution in [-0.2, 0) is 21.2 Å². The number of aromatic nitrogens is 1. The molecule has 1 unspecified atom stereocenters. The van der Waals surface area contributed by atoms with E-state index in [1.54, 1.807) is 6.92 Å². The van der Waals surface area contributed by atoms with E-state index in [0.717, 1.165) is 42.7 Å². The van der Waals surface area contributed by atoms with E-state index < -0.39 is 6.10 Å². The Morgan fingerprint density at radius 2 is 1.92 bits per heavy atom. The summed E-state index contributed by atoms with van der Waals surface area (Å²) in [5.41, 5.74) is 1.81. The van der Waals surface area contributed by atoms with E-state index >= 15 is 0 Å². The van der Waals surface area contributed by atoms with Gasteiger partial charge in [0.1, 0.15) is 17.6 Å². The third-order valence-corrected chi connectivity index (χ3v) is 4.51. The summed E-state index contributed by atoms with van der Waals surface area (Å²) in [6.45, 7) is 4.27. The molecule has 0 N–H and O–H groups in total. The lowest BCUT2D eigenvalue weighted by Crippen LogP contribution is -2.30. The van der Waals surface area contributed by atoms with Gasteiger partial charge >= 0.3 is 0 Å². The molecule has 1 fully saturated rings.